The Hall–Kier alpha value is -0.380. The second kappa shape index (κ2) is 7.14. The van der Waals surface area contributed by atoms with Crippen molar-refractivity contribution in [1.82, 2.24) is 0 Å². The summed E-state index contributed by atoms with van der Waals surface area (Å²) in [5.41, 5.74) is 0. The minimum Gasteiger partial charge on any atom is -0.299 e. The molecular weight excluding hydrogens is 236 g/mol. The summed E-state index contributed by atoms with van der Waals surface area (Å²) in [4.78, 5) is 11.8. The third-order valence-electron chi connectivity index (χ3n) is 3.46. The summed E-state index contributed by atoms with van der Waals surface area (Å²) in [6.07, 6.45) is 8.12. The largest absolute Gasteiger partial charge is 0.299 e. The maximum absolute atomic E-state index is 11.8. The molecule has 100 valence electrons. The molecule has 0 bridgehead atoms. The molecule has 17 heavy (non-hydrogen) atoms. The second-order valence-corrected chi connectivity index (χ2v) is 7.31. The first kappa shape index (κ1) is 14.7. The summed E-state index contributed by atoms with van der Waals surface area (Å²) in [7, 11) is -2.90. The molecule has 1 aliphatic heterocycles. The summed E-state index contributed by atoms with van der Waals surface area (Å²) in [5, 5.41) is 0. The number of ketones is 1. The molecule has 0 saturated carbocycles. The van der Waals surface area contributed by atoms with Crippen LogP contribution in [0.5, 0.6) is 0 Å². The molecule has 0 aromatic carbocycles. The molecule has 4 heteroatoms. The first-order valence-corrected chi connectivity index (χ1v) is 8.60. The number of rotatable bonds is 8. The van der Waals surface area contributed by atoms with Crippen LogP contribution in [0.15, 0.2) is 0 Å². The maximum atomic E-state index is 11.8. The molecule has 1 rings (SSSR count). The monoisotopic (exact) mass is 260 g/mol. The molecular formula is C13H24O3S. The highest BCUT2D eigenvalue weighted by Gasteiger charge is 2.32. The zero-order valence-corrected chi connectivity index (χ0v) is 11.6. The minimum absolute atomic E-state index is 0.0989. The van der Waals surface area contributed by atoms with E-state index in [1.807, 2.05) is 0 Å². The third-order valence-corrected chi connectivity index (χ3v) is 5.23. The van der Waals surface area contributed by atoms with E-state index in [9.17, 15) is 13.2 Å². The highest BCUT2D eigenvalue weighted by atomic mass is 32.2. The van der Waals surface area contributed by atoms with Crippen molar-refractivity contribution in [2.45, 2.75) is 58.3 Å². The Bertz CT molecular complexity index is 333. The lowest BCUT2D eigenvalue weighted by atomic mass is 9.98. The van der Waals surface area contributed by atoms with Gasteiger partial charge in [-0.3, -0.25) is 4.79 Å². The molecule has 0 radical (unpaired) electrons. The zero-order valence-electron chi connectivity index (χ0n) is 10.8. The van der Waals surface area contributed by atoms with Crippen LogP contribution < -0.4 is 0 Å². The van der Waals surface area contributed by atoms with Crippen LogP contribution >= 0.6 is 0 Å². The van der Waals surface area contributed by atoms with Gasteiger partial charge in [0.1, 0.15) is 5.78 Å². The second-order valence-electron chi connectivity index (χ2n) is 5.08. The quantitative estimate of drug-likeness (QED) is 0.631. The first-order valence-electron chi connectivity index (χ1n) is 6.78. The van der Waals surface area contributed by atoms with Crippen molar-refractivity contribution in [1.29, 1.82) is 0 Å². The topological polar surface area (TPSA) is 51.2 Å². The van der Waals surface area contributed by atoms with Crippen LogP contribution in [-0.2, 0) is 14.6 Å². The van der Waals surface area contributed by atoms with Gasteiger partial charge in [0.25, 0.3) is 0 Å². The van der Waals surface area contributed by atoms with Crippen LogP contribution in [0.1, 0.15) is 58.3 Å². The summed E-state index contributed by atoms with van der Waals surface area (Å²) < 4.78 is 22.5. The molecule has 0 spiro atoms. The van der Waals surface area contributed by atoms with Gasteiger partial charge in [0, 0.05) is 12.3 Å². The average molecular weight is 260 g/mol. The highest BCUT2D eigenvalue weighted by molar-refractivity contribution is 7.91. The molecule has 3 nitrogen and oxygen atoms in total. The maximum Gasteiger partial charge on any atom is 0.151 e. The van der Waals surface area contributed by atoms with E-state index in [1.54, 1.807) is 0 Å². The Labute approximate surface area is 105 Å². The van der Waals surface area contributed by atoms with E-state index in [0.717, 1.165) is 12.8 Å². The van der Waals surface area contributed by atoms with Crippen LogP contribution in [0.2, 0.25) is 0 Å². The fraction of sp³-hybridized carbons (Fsp3) is 0.923. The average Bonchev–Trinajstić information content (AvgIpc) is 2.64. The molecule has 0 aromatic heterocycles. The summed E-state index contributed by atoms with van der Waals surface area (Å²) in [6, 6.07) is 0. The van der Waals surface area contributed by atoms with Crippen LogP contribution in [0.25, 0.3) is 0 Å². The fourth-order valence-corrected chi connectivity index (χ4v) is 4.11. The Balaban J connectivity index is 2.10. The third kappa shape index (κ3) is 5.66. The molecule has 1 fully saturated rings. The van der Waals surface area contributed by atoms with Gasteiger partial charge in [-0.2, -0.15) is 0 Å². The van der Waals surface area contributed by atoms with Crippen LogP contribution in [0.3, 0.4) is 0 Å². The van der Waals surface area contributed by atoms with Gasteiger partial charge in [0.2, 0.25) is 0 Å². The van der Waals surface area contributed by atoms with Crippen molar-refractivity contribution in [3.05, 3.63) is 0 Å². The molecule has 1 aliphatic rings. The minimum atomic E-state index is -2.90. The SMILES string of the molecule is CCCCCCCCC(=O)C1CCS(=O)(=O)C1. The summed E-state index contributed by atoms with van der Waals surface area (Å²) in [6.45, 7) is 2.18. The van der Waals surface area contributed by atoms with Crippen molar-refractivity contribution in [3.63, 3.8) is 0 Å². The molecule has 1 atom stereocenters. The Morgan fingerprint density at radius 1 is 1.12 bits per heavy atom. The van der Waals surface area contributed by atoms with Gasteiger partial charge in [-0.05, 0) is 12.8 Å². The molecule has 1 saturated heterocycles. The Morgan fingerprint density at radius 2 is 1.76 bits per heavy atom. The van der Waals surface area contributed by atoms with E-state index >= 15 is 0 Å². The van der Waals surface area contributed by atoms with Crippen LogP contribution in [0, 0.1) is 5.92 Å². The number of carbonyl (C=O) groups is 1. The van der Waals surface area contributed by atoms with E-state index < -0.39 is 9.84 Å². The Morgan fingerprint density at radius 3 is 2.35 bits per heavy atom. The molecule has 1 heterocycles. The van der Waals surface area contributed by atoms with E-state index in [-0.39, 0.29) is 23.2 Å². The van der Waals surface area contributed by atoms with Gasteiger partial charge in [0.15, 0.2) is 9.84 Å². The van der Waals surface area contributed by atoms with Gasteiger partial charge in [-0.1, -0.05) is 39.0 Å². The number of unbranched alkanes of at least 4 members (excludes halogenated alkanes) is 5. The first-order chi connectivity index (χ1) is 8.05. The number of Topliss-reactive ketones (excluding diaryl/α,β-unsaturated/α-hetero) is 1. The van der Waals surface area contributed by atoms with Crippen molar-refractivity contribution >= 4 is 15.6 Å². The fourth-order valence-electron chi connectivity index (χ4n) is 2.33. The molecule has 0 aromatic rings. The predicted molar refractivity (Wildman–Crippen MR) is 69.8 cm³/mol. The molecule has 1 unspecified atom stereocenters. The predicted octanol–water partition coefficient (Wildman–Crippen LogP) is 2.74. The smallest absolute Gasteiger partial charge is 0.151 e. The number of carbonyl (C=O) groups excluding carboxylic acids is 1. The van der Waals surface area contributed by atoms with Crippen LogP contribution in [0.4, 0.5) is 0 Å². The van der Waals surface area contributed by atoms with Gasteiger partial charge in [-0.25, -0.2) is 8.42 Å². The molecule has 0 amide bonds. The standard InChI is InChI=1S/C13H24O3S/c1-2-3-4-5-6-7-8-13(14)12-9-10-17(15,16)11-12/h12H,2-11H2,1H3. The van der Waals surface area contributed by atoms with Gasteiger partial charge >= 0.3 is 0 Å². The van der Waals surface area contributed by atoms with Crippen molar-refractivity contribution in [3.8, 4) is 0 Å². The Kier molecular flexibility index (Phi) is 6.17. The lowest BCUT2D eigenvalue weighted by Gasteiger charge is -2.06. The zero-order chi connectivity index (χ0) is 12.7. The van der Waals surface area contributed by atoms with Crippen molar-refractivity contribution < 1.29 is 13.2 Å². The van der Waals surface area contributed by atoms with E-state index in [4.69, 9.17) is 0 Å². The molecule has 0 N–H and O–H groups in total. The van der Waals surface area contributed by atoms with E-state index in [2.05, 4.69) is 6.92 Å². The van der Waals surface area contributed by atoms with Crippen molar-refractivity contribution in [2.24, 2.45) is 5.92 Å². The van der Waals surface area contributed by atoms with E-state index in [1.165, 1.54) is 25.7 Å². The summed E-state index contributed by atoms with van der Waals surface area (Å²) in [5.74, 6) is 0.277. The normalized spacial score (nSPS) is 22.8. The van der Waals surface area contributed by atoms with Crippen molar-refractivity contribution in [2.75, 3.05) is 11.5 Å². The van der Waals surface area contributed by atoms with Gasteiger partial charge < -0.3 is 0 Å². The molecule has 0 aliphatic carbocycles. The van der Waals surface area contributed by atoms with Gasteiger partial charge in [-0.15, -0.1) is 0 Å². The number of sulfone groups is 1. The number of hydrogen-bond donors (Lipinski definition) is 0. The van der Waals surface area contributed by atoms with E-state index in [0.29, 0.717) is 12.8 Å². The van der Waals surface area contributed by atoms with Gasteiger partial charge in [0.05, 0.1) is 11.5 Å². The lowest BCUT2D eigenvalue weighted by Crippen LogP contribution is -2.15. The van der Waals surface area contributed by atoms with Crippen LogP contribution in [-0.4, -0.2) is 25.7 Å². The number of hydrogen-bond acceptors (Lipinski definition) is 3. The highest BCUT2D eigenvalue weighted by Crippen LogP contribution is 2.21. The summed E-state index contributed by atoms with van der Waals surface area (Å²) >= 11 is 0. The lowest BCUT2D eigenvalue weighted by molar-refractivity contribution is -0.122.